The predicted molar refractivity (Wildman–Crippen MR) is 79.0 cm³/mol. The van der Waals surface area contributed by atoms with Gasteiger partial charge in [-0.25, -0.2) is 4.39 Å². The summed E-state index contributed by atoms with van der Waals surface area (Å²) in [4.78, 5) is 0. The molecule has 0 aliphatic rings. The normalized spacial score (nSPS) is 12.2. The molecule has 0 aliphatic heterocycles. The molecule has 0 saturated carbocycles. The molecule has 2 aromatic carbocycles. The highest BCUT2D eigenvalue weighted by Crippen LogP contribution is 2.24. The van der Waals surface area contributed by atoms with Crippen molar-refractivity contribution >= 4 is 5.69 Å². The molecule has 1 atom stereocenters. The maximum Gasteiger partial charge on any atom is 0.126 e. The molecule has 2 heteroatoms. The standard InChI is InChI=1S/C17H20FN/c1-4-17(14-7-5-12(2)6-8-14)19-15-9-10-16(18)13(3)11-15/h5-11,17,19H,4H2,1-3H3. The van der Waals surface area contributed by atoms with E-state index in [0.29, 0.717) is 5.56 Å². The summed E-state index contributed by atoms with van der Waals surface area (Å²) >= 11 is 0. The van der Waals surface area contributed by atoms with Crippen LogP contribution in [0, 0.1) is 19.7 Å². The molecule has 0 spiro atoms. The third-order valence-electron chi connectivity index (χ3n) is 3.39. The summed E-state index contributed by atoms with van der Waals surface area (Å²) in [7, 11) is 0. The number of hydrogen-bond acceptors (Lipinski definition) is 1. The fourth-order valence-corrected chi connectivity index (χ4v) is 2.16. The molecule has 1 unspecified atom stereocenters. The van der Waals surface area contributed by atoms with Crippen LogP contribution in [0.2, 0.25) is 0 Å². The number of benzene rings is 2. The highest BCUT2D eigenvalue weighted by molar-refractivity contribution is 5.48. The number of anilines is 1. The van der Waals surface area contributed by atoms with Crippen molar-refractivity contribution in [2.45, 2.75) is 33.2 Å². The molecule has 0 heterocycles. The quantitative estimate of drug-likeness (QED) is 0.812. The Hall–Kier alpha value is -1.83. The van der Waals surface area contributed by atoms with Gasteiger partial charge in [0.1, 0.15) is 5.82 Å². The van der Waals surface area contributed by atoms with Crippen LogP contribution in [-0.4, -0.2) is 0 Å². The van der Waals surface area contributed by atoms with Gasteiger partial charge in [0.2, 0.25) is 0 Å². The van der Waals surface area contributed by atoms with Gasteiger partial charge in [-0.1, -0.05) is 36.8 Å². The first-order chi connectivity index (χ1) is 9.10. The average molecular weight is 257 g/mol. The molecular formula is C17H20FN. The smallest absolute Gasteiger partial charge is 0.126 e. The first-order valence-corrected chi connectivity index (χ1v) is 6.69. The van der Waals surface area contributed by atoms with Crippen molar-refractivity contribution in [3.8, 4) is 0 Å². The van der Waals surface area contributed by atoms with Crippen LogP contribution >= 0.6 is 0 Å². The van der Waals surface area contributed by atoms with E-state index in [1.807, 2.05) is 6.07 Å². The van der Waals surface area contributed by atoms with Gasteiger partial charge in [0.25, 0.3) is 0 Å². The average Bonchev–Trinajstić information content (AvgIpc) is 2.41. The number of nitrogens with one attached hydrogen (secondary N) is 1. The molecule has 0 fully saturated rings. The molecule has 0 aliphatic carbocycles. The monoisotopic (exact) mass is 257 g/mol. The number of hydrogen-bond donors (Lipinski definition) is 1. The molecule has 1 N–H and O–H groups in total. The molecule has 0 radical (unpaired) electrons. The lowest BCUT2D eigenvalue weighted by Crippen LogP contribution is -2.09. The first-order valence-electron chi connectivity index (χ1n) is 6.69. The van der Waals surface area contributed by atoms with E-state index in [1.54, 1.807) is 13.0 Å². The van der Waals surface area contributed by atoms with E-state index in [0.717, 1.165) is 12.1 Å². The summed E-state index contributed by atoms with van der Waals surface area (Å²) in [5.74, 6) is -0.158. The van der Waals surface area contributed by atoms with Crippen molar-refractivity contribution in [3.05, 3.63) is 65.0 Å². The Morgan fingerprint density at radius 3 is 2.32 bits per heavy atom. The molecule has 100 valence electrons. The van der Waals surface area contributed by atoms with E-state index in [-0.39, 0.29) is 11.9 Å². The van der Waals surface area contributed by atoms with E-state index in [4.69, 9.17) is 0 Å². The van der Waals surface area contributed by atoms with Gasteiger partial charge in [-0.2, -0.15) is 0 Å². The zero-order valence-corrected chi connectivity index (χ0v) is 11.7. The lowest BCUT2D eigenvalue weighted by molar-refractivity contribution is 0.618. The summed E-state index contributed by atoms with van der Waals surface area (Å²) in [6.07, 6.45) is 0.986. The Morgan fingerprint density at radius 1 is 1.05 bits per heavy atom. The minimum absolute atomic E-state index is 0.158. The highest BCUT2D eigenvalue weighted by Gasteiger charge is 2.09. The molecule has 1 nitrogen and oxygen atoms in total. The van der Waals surface area contributed by atoms with Crippen molar-refractivity contribution in [1.82, 2.24) is 0 Å². The Kier molecular flexibility index (Phi) is 4.20. The number of halogens is 1. The van der Waals surface area contributed by atoms with Gasteiger partial charge in [0.05, 0.1) is 6.04 Å². The van der Waals surface area contributed by atoms with Gasteiger partial charge in [-0.05, 0) is 49.6 Å². The minimum Gasteiger partial charge on any atom is -0.378 e. The van der Waals surface area contributed by atoms with Crippen molar-refractivity contribution in [2.24, 2.45) is 0 Å². The second-order valence-corrected chi connectivity index (χ2v) is 4.98. The van der Waals surface area contributed by atoms with Crippen molar-refractivity contribution in [1.29, 1.82) is 0 Å². The van der Waals surface area contributed by atoms with Crippen molar-refractivity contribution in [3.63, 3.8) is 0 Å². The summed E-state index contributed by atoms with van der Waals surface area (Å²) in [5.41, 5.74) is 4.15. The van der Waals surface area contributed by atoms with Crippen LogP contribution < -0.4 is 5.32 Å². The van der Waals surface area contributed by atoms with Crippen LogP contribution in [0.4, 0.5) is 10.1 Å². The molecule has 2 rings (SSSR count). The zero-order chi connectivity index (χ0) is 13.8. The van der Waals surface area contributed by atoms with Crippen LogP contribution in [-0.2, 0) is 0 Å². The van der Waals surface area contributed by atoms with Crippen LogP contribution in [0.15, 0.2) is 42.5 Å². The van der Waals surface area contributed by atoms with Gasteiger partial charge in [-0.15, -0.1) is 0 Å². The summed E-state index contributed by atoms with van der Waals surface area (Å²) in [6, 6.07) is 13.9. The first kappa shape index (κ1) is 13.6. The van der Waals surface area contributed by atoms with E-state index < -0.39 is 0 Å². The third-order valence-corrected chi connectivity index (χ3v) is 3.39. The summed E-state index contributed by atoms with van der Waals surface area (Å²) in [5, 5.41) is 3.47. The van der Waals surface area contributed by atoms with E-state index >= 15 is 0 Å². The van der Waals surface area contributed by atoms with Crippen LogP contribution in [0.3, 0.4) is 0 Å². The van der Waals surface area contributed by atoms with E-state index in [1.165, 1.54) is 17.2 Å². The van der Waals surface area contributed by atoms with Gasteiger partial charge in [-0.3, -0.25) is 0 Å². The van der Waals surface area contributed by atoms with Crippen LogP contribution in [0.5, 0.6) is 0 Å². The lowest BCUT2D eigenvalue weighted by atomic mass is 10.0. The number of aryl methyl sites for hydroxylation is 2. The molecule has 0 amide bonds. The van der Waals surface area contributed by atoms with Gasteiger partial charge >= 0.3 is 0 Å². The Labute approximate surface area is 114 Å². The fraction of sp³-hybridized carbons (Fsp3) is 0.294. The highest BCUT2D eigenvalue weighted by atomic mass is 19.1. The predicted octanol–water partition coefficient (Wildman–Crippen LogP) is 5.01. The lowest BCUT2D eigenvalue weighted by Gasteiger charge is -2.19. The third kappa shape index (κ3) is 3.34. The second kappa shape index (κ2) is 5.87. The molecule has 0 aromatic heterocycles. The topological polar surface area (TPSA) is 12.0 Å². The van der Waals surface area contributed by atoms with Crippen molar-refractivity contribution in [2.75, 3.05) is 5.32 Å². The molecule has 19 heavy (non-hydrogen) atoms. The largest absolute Gasteiger partial charge is 0.378 e. The maximum absolute atomic E-state index is 13.3. The van der Waals surface area contributed by atoms with Crippen LogP contribution in [0.1, 0.15) is 36.1 Å². The minimum atomic E-state index is -0.158. The van der Waals surface area contributed by atoms with Gasteiger partial charge in [0.15, 0.2) is 0 Å². The van der Waals surface area contributed by atoms with E-state index in [2.05, 4.69) is 43.4 Å². The summed E-state index contributed by atoms with van der Waals surface area (Å²) < 4.78 is 13.3. The molecular weight excluding hydrogens is 237 g/mol. The SMILES string of the molecule is CCC(Nc1ccc(F)c(C)c1)c1ccc(C)cc1. The Morgan fingerprint density at radius 2 is 1.74 bits per heavy atom. The van der Waals surface area contributed by atoms with Gasteiger partial charge < -0.3 is 5.32 Å². The molecule has 2 aromatic rings. The molecule has 0 saturated heterocycles. The number of rotatable bonds is 4. The summed E-state index contributed by atoms with van der Waals surface area (Å²) in [6.45, 7) is 6.02. The second-order valence-electron chi connectivity index (χ2n) is 4.98. The maximum atomic E-state index is 13.3. The molecule has 0 bridgehead atoms. The van der Waals surface area contributed by atoms with E-state index in [9.17, 15) is 4.39 Å². The Bertz CT molecular complexity index is 546. The fourth-order valence-electron chi connectivity index (χ4n) is 2.16. The zero-order valence-electron chi connectivity index (χ0n) is 11.7. The Balaban J connectivity index is 2.18. The van der Waals surface area contributed by atoms with Gasteiger partial charge in [0, 0.05) is 5.69 Å². The van der Waals surface area contributed by atoms with Crippen LogP contribution in [0.25, 0.3) is 0 Å². The van der Waals surface area contributed by atoms with Crippen molar-refractivity contribution < 1.29 is 4.39 Å².